The summed E-state index contributed by atoms with van der Waals surface area (Å²) in [4.78, 5) is 15.0. The normalized spacial score (nSPS) is 22.3. The van der Waals surface area contributed by atoms with E-state index in [9.17, 15) is 4.79 Å². The highest BCUT2D eigenvalue weighted by Gasteiger charge is 2.35. The van der Waals surface area contributed by atoms with Gasteiger partial charge in [-0.2, -0.15) is 5.10 Å². The summed E-state index contributed by atoms with van der Waals surface area (Å²) in [6.45, 7) is 9.43. The largest absolute Gasteiger partial charge is 0.377 e. The molecule has 0 bridgehead atoms. The lowest BCUT2D eigenvalue weighted by atomic mass is 9.84. The van der Waals surface area contributed by atoms with Crippen LogP contribution in [-0.4, -0.2) is 65.5 Å². The fraction of sp³-hybridized carbons (Fsp3) is 0.583. The molecule has 1 aliphatic heterocycles. The van der Waals surface area contributed by atoms with Crippen LogP contribution in [0.2, 0.25) is 0 Å². The summed E-state index contributed by atoms with van der Waals surface area (Å²) in [7, 11) is 1.92. The number of nitrogens with one attached hydrogen (secondary N) is 2. The third-order valence-corrected chi connectivity index (χ3v) is 6.62. The molecule has 1 aromatic carbocycles. The van der Waals surface area contributed by atoms with E-state index in [1.165, 1.54) is 31.2 Å². The van der Waals surface area contributed by atoms with Gasteiger partial charge in [0.25, 0.3) is 0 Å². The van der Waals surface area contributed by atoms with Crippen molar-refractivity contribution in [1.29, 1.82) is 0 Å². The van der Waals surface area contributed by atoms with Gasteiger partial charge in [0.1, 0.15) is 0 Å². The Kier molecular flexibility index (Phi) is 6.92. The van der Waals surface area contributed by atoms with E-state index in [2.05, 4.69) is 52.3 Å². The fourth-order valence-corrected chi connectivity index (χ4v) is 4.85. The Hall–Kier alpha value is -2.38. The first-order valence-electron chi connectivity index (χ1n) is 11.4. The number of anilines is 1. The van der Waals surface area contributed by atoms with Crippen molar-refractivity contribution < 1.29 is 9.53 Å². The molecule has 1 aromatic heterocycles. The quantitative estimate of drug-likeness (QED) is 0.478. The van der Waals surface area contributed by atoms with E-state index in [-0.39, 0.29) is 18.5 Å². The van der Waals surface area contributed by atoms with Gasteiger partial charge in [0.2, 0.25) is 5.91 Å². The molecule has 2 fully saturated rings. The summed E-state index contributed by atoms with van der Waals surface area (Å²) in [6.07, 6.45) is 6.75. The van der Waals surface area contributed by atoms with Crippen molar-refractivity contribution in [3.8, 4) is 0 Å². The van der Waals surface area contributed by atoms with E-state index in [4.69, 9.17) is 4.74 Å². The molecule has 7 heteroatoms. The van der Waals surface area contributed by atoms with Crippen molar-refractivity contribution in [2.75, 3.05) is 38.2 Å². The lowest BCUT2D eigenvalue weighted by Gasteiger charge is -2.46. The highest BCUT2D eigenvalue weighted by molar-refractivity contribution is 5.92. The monoisotopic (exact) mass is 425 g/mol. The van der Waals surface area contributed by atoms with Crippen LogP contribution < -0.4 is 10.6 Å². The molecule has 1 saturated carbocycles. The van der Waals surface area contributed by atoms with Crippen LogP contribution >= 0.6 is 0 Å². The Morgan fingerprint density at radius 2 is 2.06 bits per heavy atom. The number of likely N-dealkylation sites (tertiary alicyclic amines) is 1. The number of hydrogen-bond acceptors (Lipinski definition) is 5. The van der Waals surface area contributed by atoms with Gasteiger partial charge in [0.15, 0.2) is 5.82 Å². The number of hydrogen-bond donors (Lipinski definition) is 2. The van der Waals surface area contributed by atoms with Crippen molar-refractivity contribution in [3.05, 3.63) is 36.4 Å². The first-order valence-corrected chi connectivity index (χ1v) is 11.4. The minimum absolute atomic E-state index is 0.0270. The molecule has 2 N–H and O–H groups in total. The Bertz CT molecular complexity index is 910. The van der Waals surface area contributed by atoms with Gasteiger partial charge in [-0.15, -0.1) is 6.58 Å². The summed E-state index contributed by atoms with van der Waals surface area (Å²) in [5.41, 5.74) is 2.24. The Labute approximate surface area is 184 Å². The van der Waals surface area contributed by atoms with Crippen molar-refractivity contribution in [2.45, 2.75) is 44.7 Å². The number of amides is 1. The van der Waals surface area contributed by atoms with Gasteiger partial charge < -0.3 is 15.4 Å². The van der Waals surface area contributed by atoms with E-state index in [0.717, 1.165) is 36.4 Å². The smallest absolute Gasteiger partial charge is 0.239 e. The minimum Gasteiger partial charge on any atom is -0.377 e. The molecule has 2 aliphatic rings. The zero-order valence-corrected chi connectivity index (χ0v) is 18.8. The third kappa shape index (κ3) is 5.28. The van der Waals surface area contributed by atoms with Crippen molar-refractivity contribution in [2.24, 2.45) is 13.0 Å². The van der Waals surface area contributed by atoms with E-state index < -0.39 is 0 Å². The summed E-state index contributed by atoms with van der Waals surface area (Å²) in [6, 6.07) is 7.16. The summed E-state index contributed by atoms with van der Waals surface area (Å²) >= 11 is 0. The lowest BCUT2D eigenvalue weighted by molar-refractivity contribution is -0.121. The average Bonchev–Trinajstić information content (AvgIpc) is 3.04. The van der Waals surface area contributed by atoms with Gasteiger partial charge >= 0.3 is 0 Å². The number of benzene rings is 1. The highest BCUT2D eigenvalue weighted by Crippen LogP contribution is 2.30. The number of nitrogens with zero attached hydrogens (tertiary/aromatic N) is 3. The first-order chi connectivity index (χ1) is 15.0. The van der Waals surface area contributed by atoms with Gasteiger partial charge in [-0.05, 0) is 50.7 Å². The van der Waals surface area contributed by atoms with Crippen LogP contribution in [0.4, 0.5) is 5.82 Å². The van der Waals surface area contributed by atoms with Crippen molar-refractivity contribution in [3.63, 3.8) is 0 Å². The molecule has 0 atom stereocenters. The highest BCUT2D eigenvalue weighted by atomic mass is 16.5. The Morgan fingerprint density at radius 3 is 2.81 bits per heavy atom. The molecule has 1 aliphatic carbocycles. The molecule has 4 rings (SSSR count). The standard InChI is InChI=1S/C24H35N5O2/c1-4-11-31-16-18-6-8-20(9-7-18)29-14-19(15-29)26-23(30)13-25-24-21-12-17(2)5-10-22(21)28(3)27-24/h4-5,10,12,18-20H,1,6-9,11,13-16H2,2-3H3,(H,25,27)(H,26,30). The maximum atomic E-state index is 12.4. The number of rotatable bonds is 9. The Balaban J connectivity index is 1.17. The molecule has 7 nitrogen and oxygen atoms in total. The maximum absolute atomic E-state index is 12.4. The second-order valence-electron chi connectivity index (χ2n) is 9.07. The third-order valence-electron chi connectivity index (χ3n) is 6.62. The molecular weight excluding hydrogens is 390 g/mol. The van der Waals surface area contributed by atoms with Gasteiger partial charge in [-0.25, -0.2) is 0 Å². The Morgan fingerprint density at radius 1 is 1.29 bits per heavy atom. The number of aryl methyl sites for hydroxylation is 2. The molecule has 0 radical (unpaired) electrons. The van der Waals surface area contributed by atoms with Gasteiger partial charge in [-0.3, -0.25) is 14.4 Å². The number of carbonyl (C=O) groups is 1. The molecule has 1 saturated heterocycles. The van der Waals surface area contributed by atoms with Crippen molar-refractivity contribution >= 4 is 22.6 Å². The van der Waals surface area contributed by atoms with E-state index in [0.29, 0.717) is 18.6 Å². The van der Waals surface area contributed by atoms with Crippen molar-refractivity contribution in [1.82, 2.24) is 20.0 Å². The molecule has 0 spiro atoms. The van der Waals surface area contributed by atoms with Crippen LogP contribution in [0.3, 0.4) is 0 Å². The summed E-state index contributed by atoms with van der Waals surface area (Å²) in [5.74, 6) is 1.48. The van der Waals surface area contributed by atoms with E-state index in [1.807, 2.05) is 17.8 Å². The lowest BCUT2D eigenvalue weighted by Crippen LogP contribution is -2.63. The molecule has 1 amide bonds. The predicted molar refractivity (Wildman–Crippen MR) is 124 cm³/mol. The first kappa shape index (κ1) is 21.8. The second-order valence-corrected chi connectivity index (χ2v) is 9.07. The maximum Gasteiger partial charge on any atom is 0.239 e. The second kappa shape index (κ2) is 9.83. The average molecular weight is 426 g/mol. The SMILES string of the molecule is C=CCOCC1CCC(N2CC(NC(=O)CNc3nn(C)c4ccc(C)cc34)C2)CC1. The van der Waals surface area contributed by atoms with Crippen LogP contribution in [0.1, 0.15) is 31.2 Å². The number of carbonyl (C=O) groups excluding carboxylic acids is 1. The number of aromatic nitrogens is 2. The van der Waals surface area contributed by atoms with Gasteiger partial charge in [0.05, 0.1) is 24.7 Å². The topological polar surface area (TPSA) is 71.4 Å². The number of ether oxygens (including phenoxy) is 1. The summed E-state index contributed by atoms with van der Waals surface area (Å²) < 4.78 is 7.46. The predicted octanol–water partition coefficient (Wildman–Crippen LogP) is 2.86. The van der Waals surface area contributed by atoms with E-state index >= 15 is 0 Å². The van der Waals surface area contributed by atoms with Crippen LogP contribution in [0.5, 0.6) is 0 Å². The molecular formula is C24H35N5O2. The van der Waals surface area contributed by atoms with E-state index in [1.54, 1.807) is 0 Å². The molecule has 2 heterocycles. The fourth-order valence-electron chi connectivity index (χ4n) is 4.85. The zero-order valence-electron chi connectivity index (χ0n) is 18.8. The van der Waals surface area contributed by atoms with Crippen LogP contribution in [0.25, 0.3) is 10.9 Å². The molecule has 0 unspecified atom stereocenters. The molecule has 2 aromatic rings. The zero-order chi connectivity index (χ0) is 21.8. The molecule has 31 heavy (non-hydrogen) atoms. The summed E-state index contributed by atoms with van der Waals surface area (Å²) in [5, 5.41) is 11.9. The van der Waals surface area contributed by atoms with Gasteiger partial charge in [0, 0.05) is 38.2 Å². The van der Waals surface area contributed by atoms with Crippen LogP contribution in [-0.2, 0) is 16.6 Å². The van der Waals surface area contributed by atoms with Crippen LogP contribution in [0.15, 0.2) is 30.9 Å². The molecule has 168 valence electrons. The van der Waals surface area contributed by atoms with Gasteiger partial charge in [-0.1, -0.05) is 17.7 Å². The minimum atomic E-state index is 0.0270. The number of fused-ring (bicyclic) bond motifs is 1. The van der Waals surface area contributed by atoms with Crippen LogP contribution in [0, 0.1) is 12.8 Å².